The number of hydrogen-bond donors (Lipinski definition) is 0. The Morgan fingerprint density at radius 1 is 1.27 bits per heavy atom. The minimum atomic E-state index is 0.919. The van der Waals surface area contributed by atoms with E-state index in [1.54, 1.807) is 12.2 Å². The Kier molecular flexibility index (Phi) is 4.83. The largest absolute Gasteiger partial charge is 0.0990 e. The van der Waals surface area contributed by atoms with Gasteiger partial charge in [0.25, 0.3) is 0 Å². The maximum absolute atomic E-state index is 3.83. The third-order valence-electron chi connectivity index (χ3n) is 1.26. The van der Waals surface area contributed by atoms with Crippen LogP contribution in [0.2, 0.25) is 0 Å². The van der Waals surface area contributed by atoms with Crippen LogP contribution in [0.25, 0.3) is 0 Å². The quantitative estimate of drug-likeness (QED) is 0.533. The van der Waals surface area contributed by atoms with Crippen molar-refractivity contribution in [2.45, 2.75) is 6.92 Å². The molecule has 0 heterocycles. The molecule has 0 unspecified atom stereocenters. The molecule has 0 aromatic carbocycles. The highest BCUT2D eigenvalue weighted by molar-refractivity contribution is 5.45. The lowest BCUT2D eigenvalue weighted by molar-refractivity contribution is 1.55. The van der Waals surface area contributed by atoms with Gasteiger partial charge in [-0.1, -0.05) is 50.1 Å². The third kappa shape index (κ3) is 3.41. The maximum atomic E-state index is 3.83. The molecule has 11 heavy (non-hydrogen) atoms. The van der Waals surface area contributed by atoms with Crippen LogP contribution in [0.1, 0.15) is 6.92 Å². The standard InChI is InChI=1S/C11H14/c1-5-8-11(9-6-2)10(4)7-3/h5-9H,1,3-4H2,2H3. The Morgan fingerprint density at radius 3 is 2.27 bits per heavy atom. The summed E-state index contributed by atoms with van der Waals surface area (Å²) in [5.74, 6) is 0. The molecular weight excluding hydrogens is 132 g/mol. The smallest absolute Gasteiger partial charge is 0.0194 e. The number of hydrogen-bond acceptors (Lipinski definition) is 0. The Morgan fingerprint density at radius 2 is 1.91 bits per heavy atom. The van der Waals surface area contributed by atoms with Crippen molar-refractivity contribution in [1.82, 2.24) is 0 Å². The topological polar surface area (TPSA) is 0 Å². The van der Waals surface area contributed by atoms with Gasteiger partial charge in [-0.15, -0.1) is 0 Å². The minimum Gasteiger partial charge on any atom is -0.0990 e. The van der Waals surface area contributed by atoms with E-state index >= 15 is 0 Å². The summed E-state index contributed by atoms with van der Waals surface area (Å²) in [5, 5.41) is 0. The molecular formula is C11H14. The van der Waals surface area contributed by atoms with E-state index in [2.05, 4.69) is 19.7 Å². The molecule has 0 fully saturated rings. The fraction of sp³-hybridized carbons (Fsp3) is 0.0909. The fourth-order valence-corrected chi connectivity index (χ4v) is 0.694. The number of allylic oxidation sites excluding steroid dienone is 7. The summed E-state index contributed by atoms with van der Waals surface area (Å²) in [5.41, 5.74) is 1.97. The van der Waals surface area contributed by atoms with Crippen molar-refractivity contribution >= 4 is 0 Å². The van der Waals surface area contributed by atoms with Gasteiger partial charge in [-0.3, -0.25) is 0 Å². The van der Waals surface area contributed by atoms with Gasteiger partial charge in [0, 0.05) is 0 Å². The molecule has 0 saturated heterocycles. The van der Waals surface area contributed by atoms with Gasteiger partial charge in [0.2, 0.25) is 0 Å². The molecule has 0 spiro atoms. The van der Waals surface area contributed by atoms with Crippen LogP contribution >= 0.6 is 0 Å². The number of rotatable bonds is 4. The highest BCUT2D eigenvalue weighted by atomic mass is 13.9. The van der Waals surface area contributed by atoms with E-state index in [1.165, 1.54) is 0 Å². The van der Waals surface area contributed by atoms with Gasteiger partial charge < -0.3 is 0 Å². The van der Waals surface area contributed by atoms with Crippen LogP contribution in [0, 0.1) is 0 Å². The summed E-state index contributed by atoms with van der Waals surface area (Å²) in [4.78, 5) is 0. The fourth-order valence-electron chi connectivity index (χ4n) is 0.694. The second-order valence-corrected chi connectivity index (χ2v) is 2.09. The summed E-state index contributed by atoms with van der Waals surface area (Å²) in [6, 6.07) is 0. The molecule has 0 aliphatic carbocycles. The highest BCUT2D eigenvalue weighted by Gasteiger charge is 1.90. The van der Waals surface area contributed by atoms with Crippen molar-refractivity contribution in [1.29, 1.82) is 0 Å². The predicted molar refractivity (Wildman–Crippen MR) is 52.4 cm³/mol. The summed E-state index contributed by atoms with van der Waals surface area (Å²) in [6.45, 7) is 13.0. The molecule has 0 saturated carbocycles. The van der Waals surface area contributed by atoms with Crippen molar-refractivity contribution < 1.29 is 0 Å². The molecule has 0 aromatic rings. The third-order valence-corrected chi connectivity index (χ3v) is 1.26. The Bertz CT molecular complexity index is 214. The molecule has 0 heteroatoms. The summed E-state index contributed by atoms with van der Waals surface area (Å²) < 4.78 is 0. The Labute approximate surface area is 68.9 Å². The Balaban J connectivity index is 4.59. The van der Waals surface area contributed by atoms with E-state index in [1.807, 2.05) is 25.2 Å². The van der Waals surface area contributed by atoms with Crippen LogP contribution in [-0.2, 0) is 0 Å². The lowest BCUT2D eigenvalue weighted by Crippen LogP contribution is -1.78. The lowest BCUT2D eigenvalue weighted by atomic mass is 10.1. The molecule has 0 radical (unpaired) electrons. The van der Waals surface area contributed by atoms with Crippen LogP contribution in [0.4, 0.5) is 0 Å². The average molecular weight is 146 g/mol. The van der Waals surface area contributed by atoms with Crippen LogP contribution in [0.5, 0.6) is 0 Å². The van der Waals surface area contributed by atoms with Gasteiger partial charge in [-0.25, -0.2) is 0 Å². The van der Waals surface area contributed by atoms with E-state index in [0.717, 1.165) is 11.1 Å². The SMILES string of the molecule is C=CC=C(C=CC)C(=C)C=C. The lowest BCUT2D eigenvalue weighted by Gasteiger charge is -1.97. The van der Waals surface area contributed by atoms with Crippen LogP contribution in [0.3, 0.4) is 0 Å². The summed E-state index contributed by atoms with van der Waals surface area (Å²) in [6.07, 6.45) is 9.32. The molecule has 0 rings (SSSR count). The van der Waals surface area contributed by atoms with Crippen LogP contribution < -0.4 is 0 Å². The molecule has 0 nitrogen and oxygen atoms in total. The second kappa shape index (κ2) is 5.48. The van der Waals surface area contributed by atoms with Gasteiger partial charge in [-0.05, 0) is 18.1 Å². The van der Waals surface area contributed by atoms with Crippen molar-refractivity contribution in [3.8, 4) is 0 Å². The molecule has 0 aliphatic heterocycles. The van der Waals surface area contributed by atoms with Crippen molar-refractivity contribution in [2.24, 2.45) is 0 Å². The second-order valence-electron chi connectivity index (χ2n) is 2.09. The summed E-state index contributed by atoms with van der Waals surface area (Å²) >= 11 is 0. The van der Waals surface area contributed by atoms with Crippen LogP contribution in [0.15, 0.2) is 61.3 Å². The molecule has 0 aromatic heterocycles. The first-order valence-electron chi connectivity index (χ1n) is 3.53. The minimum absolute atomic E-state index is 0.919. The first-order valence-corrected chi connectivity index (χ1v) is 3.53. The zero-order chi connectivity index (χ0) is 8.69. The van der Waals surface area contributed by atoms with Crippen molar-refractivity contribution in [2.75, 3.05) is 0 Å². The molecule has 0 aliphatic rings. The van der Waals surface area contributed by atoms with Gasteiger partial charge in [0.1, 0.15) is 0 Å². The molecule has 0 atom stereocenters. The molecule has 58 valence electrons. The Hall–Kier alpha value is -1.30. The van der Waals surface area contributed by atoms with Crippen molar-refractivity contribution in [3.63, 3.8) is 0 Å². The van der Waals surface area contributed by atoms with Gasteiger partial charge >= 0.3 is 0 Å². The molecule has 0 bridgehead atoms. The molecule has 0 N–H and O–H groups in total. The van der Waals surface area contributed by atoms with E-state index in [0.29, 0.717) is 0 Å². The van der Waals surface area contributed by atoms with Gasteiger partial charge in [0.15, 0.2) is 0 Å². The summed E-state index contributed by atoms with van der Waals surface area (Å²) in [7, 11) is 0. The normalized spacial score (nSPS) is 11.5. The van der Waals surface area contributed by atoms with Crippen LogP contribution in [-0.4, -0.2) is 0 Å². The highest BCUT2D eigenvalue weighted by Crippen LogP contribution is 2.09. The first kappa shape index (κ1) is 9.70. The monoisotopic (exact) mass is 146 g/mol. The van der Waals surface area contributed by atoms with E-state index in [-0.39, 0.29) is 0 Å². The van der Waals surface area contributed by atoms with Gasteiger partial charge in [0.05, 0.1) is 0 Å². The van der Waals surface area contributed by atoms with Gasteiger partial charge in [-0.2, -0.15) is 0 Å². The zero-order valence-corrected chi connectivity index (χ0v) is 7.01. The average Bonchev–Trinajstić information content (AvgIpc) is 2.03. The van der Waals surface area contributed by atoms with Crippen molar-refractivity contribution in [3.05, 3.63) is 61.3 Å². The zero-order valence-electron chi connectivity index (χ0n) is 7.01. The predicted octanol–water partition coefficient (Wildman–Crippen LogP) is 3.42. The first-order chi connectivity index (χ1) is 5.26. The van der Waals surface area contributed by atoms with E-state index in [9.17, 15) is 0 Å². The maximum Gasteiger partial charge on any atom is -0.0194 e. The molecule has 0 amide bonds. The van der Waals surface area contributed by atoms with E-state index in [4.69, 9.17) is 0 Å². The van der Waals surface area contributed by atoms with E-state index < -0.39 is 0 Å².